The van der Waals surface area contributed by atoms with Crippen molar-refractivity contribution >= 4 is 35.0 Å². The highest BCUT2D eigenvalue weighted by molar-refractivity contribution is 6.33. The van der Waals surface area contributed by atoms with Crippen LogP contribution in [0.3, 0.4) is 0 Å². The Bertz CT molecular complexity index is 706. The van der Waals surface area contributed by atoms with Crippen molar-refractivity contribution in [1.82, 2.24) is 9.97 Å². The van der Waals surface area contributed by atoms with Gasteiger partial charge in [0.15, 0.2) is 5.69 Å². The summed E-state index contributed by atoms with van der Waals surface area (Å²) in [6.45, 7) is 0. The Labute approximate surface area is 124 Å². The van der Waals surface area contributed by atoms with Gasteiger partial charge in [0.05, 0.1) is 30.1 Å². The van der Waals surface area contributed by atoms with E-state index in [4.69, 9.17) is 16.7 Å². The van der Waals surface area contributed by atoms with E-state index in [-0.39, 0.29) is 16.3 Å². The third-order valence-electron chi connectivity index (χ3n) is 2.50. The highest BCUT2D eigenvalue weighted by atomic mass is 35.5. The average Bonchev–Trinajstić information content (AvgIpc) is 2.46. The molecule has 0 aliphatic heterocycles. The van der Waals surface area contributed by atoms with Crippen LogP contribution in [-0.4, -0.2) is 34.1 Å². The molecule has 1 aromatic carbocycles. The van der Waals surface area contributed by atoms with Crippen LogP contribution in [0.2, 0.25) is 5.02 Å². The van der Waals surface area contributed by atoms with Gasteiger partial charge in [-0.1, -0.05) is 11.6 Å². The molecule has 7 nitrogen and oxygen atoms in total. The third kappa shape index (κ3) is 3.46. The number of benzene rings is 1. The predicted molar refractivity (Wildman–Crippen MR) is 75.1 cm³/mol. The Morgan fingerprint density at radius 2 is 2.10 bits per heavy atom. The van der Waals surface area contributed by atoms with Gasteiger partial charge in [-0.05, 0) is 18.2 Å². The molecule has 2 N–H and O–H groups in total. The van der Waals surface area contributed by atoms with Crippen LogP contribution in [0.25, 0.3) is 0 Å². The molecule has 2 aromatic rings. The Kier molecular flexibility index (Phi) is 4.34. The molecule has 0 saturated heterocycles. The molecule has 0 amide bonds. The number of methoxy groups -OCH3 is 1. The van der Waals surface area contributed by atoms with Crippen molar-refractivity contribution in [2.24, 2.45) is 0 Å². The smallest absolute Gasteiger partial charge is 0.358 e. The minimum atomic E-state index is -1.11. The molecule has 0 unspecified atom stereocenters. The fourth-order valence-corrected chi connectivity index (χ4v) is 1.80. The molecule has 0 bridgehead atoms. The Morgan fingerprint density at radius 1 is 1.33 bits per heavy atom. The number of hydrogen-bond acceptors (Lipinski definition) is 6. The normalized spacial score (nSPS) is 10.0. The molecule has 0 fully saturated rings. The summed E-state index contributed by atoms with van der Waals surface area (Å²) in [4.78, 5) is 30.1. The zero-order valence-electron chi connectivity index (χ0n) is 10.8. The summed E-state index contributed by atoms with van der Waals surface area (Å²) < 4.78 is 4.55. The van der Waals surface area contributed by atoms with E-state index in [0.29, 0.717) is 11.5 Å². The first kappa shape index (κ1) is 14.7. The number of carboxylic acids is 1. The van der Waals surface area contributed by atoms with Gasteiger partial charge in [-0.3, -0.25) is 4.98 Å². The molecule has 0 atom stereocenters. The number of hydrogen-bond donors (Lipinski definition) is 2. The monoisotopic (exact) mass is 307 g/mol. The molecule has 108 valence electrons. The predicted octanol–water partition coefficient (Wildman–Crippen LogP) is 2.36. The van der Waals surface area contributed by atoms with Crippen LogP contribution in [0.5, 0.6) is 0 Å². The van der Waals surface area contributed by atoms with Crippen molar-refractivity contribution in [3.63, 3.8) is 0 Å². The average molecular weight is 308 g/mol. The van der Waals surface area contributed by atoms with Crippen LogP contribution in [0.15, 0.2) is 30.6 Å². The Balaban J connectivity index is 2.24. The van der Waals surface area contributed by atoms with E-state index in [1.165, 1.54) is 37.7 Å². The second kappa shape index (κ2) is 6.19. The number of aromatic nitrogens is 2. The molecule has 2 rings (SSSR count). The molecule has 1 aromatic heterocycles. The van der Waals surface area contributed by atoms with Crippen LogP contribution in [0.4, 0.5) is 11.5 Å². The first-order valence-corrected chi connectivity index (χ1v) is 6.09. The highest BCUT2D eigenvalue weighted by Crippen LogP contribution is 2.23. The van der Waals surface area contributed by atoms with Crippen LogP contribution in [0, 0.1) is 0 Å². The third-order valence-corrected chi connectivity index (χ3v) is 2.81. The quantitative estimate of drug-likeness (QED) is 0.836. The minimum Gasteiger partial charge on any atom is -0.478 e. The Morgan fingerprint density at radius 3 is 2.71 bits per heavy atom. The molecule has 0 saturated carbocycles. The van der Waals surface area contributed by atoms with E-state index in [9.17, 15) is 9.59 Å². The fraction of sp³-hybridized carbons (Fsp3) is 0.0769. The molecule has 0 radical (unpaired) electrons. The highest BCUT2D eigenvalue weighted by Gasteiger charge is 2.11. The van der Waals surface area contributed by atoms with Gasteiger partial charge >= 0.3 is 11.9 Å². The molecule has 21 heavy (non-hydrogen) atoms. The van der Waals surface area contributed by atoms with Gasteiger partial charge in [-0.2, -0.15) is 0 Å². The number of esters is 1. The van der Waals surface area contributed by atoms with Gasteiger partial charge in [0.2, 0.25) is 0 Å². The van der Waals surface area contributed by atoms with Crippen LogP contribution in [-0.2, 0) is 4.74 Å². The molecular formula is C13H10ClN3O4. The van der Waals surface area contributed by atoms with Crippen LogP contribution < -0.4 is 5.32 Å². The van der Waals surface area contributed by atoms with Crippen molar-refractivity contribution in [2.75, 3.05) is 12.4 Å². The molecule has 0 aliphatic carbocycles. The number of anilines is 2. The van der Waals surface area contributed by atoms with Crippen molar-refractivity contribution < 1.29 is 19.4 Å². The summed E-state index contributed by atoms with van der Waals surface area (Å²) >= 11 is 5.86. The zero-order chi connectivity index (χ0) is 15.4. The van der Waals surface area contributed by atoms with Crippen molar-refractivity contribution in [2.45, 2.75) is 0 Å². The standard InChI is InChI=1S/C13H10ClN3O4/c1-21-13(20)10-5-15-6-11(17-10)16-7-2-3-8(12(18)19)9(14)4-7/h2-6H,1H3,(H,16,17)(H,18,19). The second-order valence-electron chi connectivity index (χ2n) is 3.91. The van der Waals surface area contributed by atoms with E-state index < -0.39 is 11.9 Å². The summed E-state index contributed by atoms with van der Waals surface area (Å²) in [5.41, 5.74) is 0.564. The van der Waals surface area contributed by atoms with Gasteiger partial charge in [0.25, 0.3) is 0 Å². The van der Waals surface area contributed by atoms with Crippen LogP contribution >= 0.6 is 11.6 Å². The number of ether oxygens (including phenoxy) is 1. The first-order valence-electron chi connectivity index (χ1n) is 5.71. The maximum absolute atomic E-state index is 11.4. The van der Waals surface area contributed by atoms with Gasteiger partial charge in [-0.15, -0.1) is 0 Å². The summed E-state index contributed by atoms with van der Waals surface area (Å²) in [6.07, 6.45) is 2.68. The number of halogens is 1. The summed E-state index contributed by atoms with van der Waals surface area (Å²) in [5.74, 6) is -1.42. The summed E-state index contributed by atoms with van der Waals surface area (Å²) in [5, 5.41) is 11.9. The Hall–Kier alpha value is -2.67. The molecule has 1 heterocycles. The lowest BCUT2D eigenvalue weighted by atomic mass is 10.2. The lowest BCUT2D eigenvalue weighted by Gasteiger charge is -2.07. The molecule has 8 heteroatoms. The van der Waals surface area contributed by atoms with Gasteiger partial charge < -0.3 is 15.2 Å². The molecule has 0 spiro atoms. The molecule has 0 aliphatic rings. The number of carbonyl (C=O) groups excluding carboxylic acids is 1. The van der Waals surface area contributed by atoms with E-state index in [2.05, 4.69) is 20.0 Å². The van der Waals surface area contributed by atoms with Gasteiger partial charge in [-0.25, -0.2) is 14.6 Å². The maximum Gasteiger partial charge on any atom is 0.358 e. The lowest BCUT2D eigenvalue weighted by molar-refractivity contribution is 0.0592. The fourth-order valence-electron chi connectivity index (χ4n) is 1.54. The van der Waals surface area contributed by atoms with E-state index in [0.717, 1.165) is 0 Å². The van der Waals surface area contributed by atoms with E-state index >= 15 is 0 Å². The number of nitrogens with one attached hydrogen (secondary N) is 1. The lowest BCUT2D eigenvalue weighted by Crippen LogP contribution is -2.07. The maximum atomic E-state index is 11.4. The topological polar surface area (TPSA) is 101 Å². The van der Waals surface area contributed by atoms with E-state index in [1.807, 2.05) is 0 Å². The van der Waals surface area contributed by atoms with Gasteiger partial charge in [0.1, 0.15) is 5.82 Å². The SMILES string of the molecule is COC(=O)c1cncc(Nc2ccc(C(=O)O)c(Cl)c2)n1. The minimum absolute atomic E-state index is 0.00314. The summed E-state index contributed by atoms with van der Waals surface area (Å²) in [7, 11) is 1.24. The second-order valence-corrected chi connectivity index (χ2v) is 4.31. The largest absolute Gasteiger partial charge is 0.478 e. The van der Waals surface area contributed by atoms with Crippen molar-refractivity contribution in [3.8, 4) is 0 Å². The number of carbonyl (C=O) groups is 2. The number of aromatic carboxylic acids is 1. The van der Waals surface area contributed by atoms with Gasteiger partial charge in [0, 0.05) is 5.69 Å². The first-order chi connectivity index (χ1) is 10.0. The molecular weight excluding hydrogens is 298 g/mol. The number of carboxylic acid groups (broad SMARTS) is 1. The number of rotatable bonds is 4. The van der Waals surface area contributed by atoms with Crippen molar-refractivity contribution in [3.05, 3.63) is 46.9 Å². The van der Waals surface area contributed by atoms with E-state index in [1.54, 1.807) is 0 Å². The number of nitrogens with zero attached hydrogens (tertiary/aromatic N) is 2. The van der Waals surface area contributed by atoms with Crippen LogP contribution in [0.1, 0.15) is 20.8 Å². The summed E-state index contributed by atoms with van der Waals surface area (Å²) in [6, 6.07) is 4.34. The zero-order valence-corrected chi connectivity index (χ0v) is 11.6. The van der Waals surface area contributed by atoms with Crippen molar-refractivity contribution in [1.29, 1.82) is 0 Å².